The van der Waals surface area contributed by atoms with Crippen LogP contribution in [0.4, 0.5) is 0 Å². The monoisotopic (exact) mass is 264 g/mol. The average molecular weight is 264 g/mol. The molecule has 1 aromatic rings. The van der Waals surface area contributed by atoms with Gasteiger partial charge in [-0.25, -0.2) is 0 Å². The largest absolute Gasteiger partial charge is 0.342 e. The summed E-state index contributed by atoms with van der Waals surface area (Å²) in [5.74, 6) is 0.592. The Morgan fingerprint density at radius 3 is 2.61 bits per heavy atom. The number of likely N-dealkylation sites (tertiary alicyclic amines) is 1. The number of carbonyl (C=O) groups excluding carboxylic acids is 2. The Morgan fingerprint density at radius 1 is 1.33 bits per heavy atom. The van der Waals surface area contributed by atoms with Crippen LogP contribution < -0.4 is 0 Å². The molecule has 0 aromatic carbocycles. The molecule has 1 aliphatic heterocycles. The van der Waals surface area contributed by atoms with Crippen molar-refractivity contribution in [2.24, 2.45) is 0 Å². The second-order valence-corrected chi connectivity index (χ2v) is 5.36. The van der Waals surface area contributed by atoms with Gasteiger partial charge in [0.15, 0.2) is 5.78 Å². The third-order valence-electron chi connectivity index (χ3n) is 2.92. The summed E-state index contributed by atoms with van der Waals surface area (Å²) in [6, 6.07) is 3.54. The van der Waals surface area contributed by atoms with Crippen molar-refractivity contribution >= 4 is 23.5 Å². The first-order valence-corrected chi connectivity index (χ1v) is 7.03. The number of pyridine rings is 1. The van der Waals surface area contributed by atoms with E-state index in [0.29, 0.717) is 11.4 Å². The summed E-state index contributed by atoms with van der Waals surface area (Å²) in [5, 5.41) is 0. The highest BCUT2D eigenvalue weighted by molar-refractivity contribution is 8.00. The topological polar surface area (TPSA) is 50.3 Å². The molecule has 0 spiro atoms. The second-order valence-electron chi connectivity index (χ2n) is 4.31. The molecule has 0 unspecified atom stereocenters. The molecule has 18 heavy (non-hydrogen) atoms. The van der Waals surface area contributed by atoms with Gasteiger partial charge in [-0.05, 0) is 25.0 Å². The quantitative estimate of drug-likeness (QED) is 0.616. The maximum absolute atomic E-state index is 11.8. The van der Waals surface area contributed by atoms with Crippen LogP contribution in [0.5, 0.6) is 0 Å². The van der Waals surface area contributed by atoms with Gasteiger partial charge in [-0.1, -0.05) is 0 Å². The lowest BCUT2D eigenvalue weighted by Crippen LogP contribution is -2.29. The zero-order chi connectivity index (χ0) is 13.0. The van der Waals surface area contributed by atoms with E-state index in [0.717, 1.165) is 30.8 Å². The van der Waals surface area contributed by atoms with Crippen LogP contribution in [-0.4, -0.2) is 40.4 Å². The Kier molecular flexibility index (Phi) is 4.36. The van der Waals surface area contributed by atoms with Crippen LogP contribution in [0.3, 0.4) is 0 Å². The highest BCUT2D eigenvalue weighted by Crippen LogP contribution is 2.19. The predicted molar refractivity (Wildman–Crippen MR) is 70.8 cm³/mol. The Balaban J connectivity index is 1.86. The fraction of sp³-hybridized carbons (Fsp3) is 0.462. The minimum absolute atomic E-state index is 0.0420. The summed E-state index contributed by atoms with van der Waals surface area (Å²) >= 11 is 1.47. The van der Waals surface area contributed by atoms with Gasteiger partial charge in [0.25, 0.3) is 0 Å². The molecule has 4 nitrogen and oxygen atoms in total. The number of amides is 1. The van der Waals surface area contributed by atoms with Gasteiger partial charge in [-0.3, -0.25) is 14.6 Å². The summed E-state index contributed by atoms with van der Waals surface area (Å²) in [7, 11) is 0. The maximum Gasteiger partial charge on any atom is 0.232 e. The highest BCUT2D eigenvalue weighted by atomic mass is 32.2. The number of ketones is 1. The number of nitrogens with zero attached hydrogens (tertiary/aromatic N) is 2. The van der Waals surface area contributed by atoms with Crippen LogP contribution in [0, 0.1) is 0 Å². The molecule has 1 amide bonds. The predicted octanol–water partition coefficient (Wildman–Crippen LogP) is 2.00. The molecule has 96 valence electrons. The normalized spacial score (nSPS) is 14.8. The smallest absolute Gasteiger partial charge is 0.232 e. The molecule has 1 saturated heterocycles. The van der Waals surface area contributed by atoms with Gasteiger partial charge < -0.3 is 4.90 Å². The van der Waals surface area contributed by atoms with E-state index in [-0.39, 0.29) is 11.7 Å². The lowest BCUT2D eigenvalue weighted by molar-refractivity contribution is -0.127. The molecule has 1 aromatic heterocycles. The van der Waals surface area contributed by atoms with E-state index in [1.165, 1.54) is 18.7 Å². The van der Waals surface area contributed by atoms with Crippen molar-refractivity contribution in [1.29, 1.82) is 0 Å². The van der Waals surface area contributed by atoms with Crippen molar-refractivity contribution in [3.8, 4) is 0 Å². The van der Waals surface area contributed by atoms with Crippen LogP contribution in [0.2, 0.25) is 0 Å². The van der Waals surface area contributed by atoms with Crippen molar-refractivity contribution < 1.29 is 9.59 Å². The van der Waals surface area contributed by atoms with Crippen LogP contribution in [0.15, 0.2) is 23.2 Å². The van der Waals surface area contributed by atoms with Gasteiger partial charge in [-0.2, -0.15) is 0 Å². The zero-order valence-corrected chi connectivity index (χ0v) is 11.2. The van der Waals surface area contributed by atoms with E-state index in [1.807, 2.05) is 11.0 Å². The summed E-state index contributed by atoms with van der Waals surface area (Å²) in [4.78, 5) is 29.8. The number of carbonyl (C=O) groups is 2. The van der Waals surface area contributed by atoms with Crippen molar-refractivity contribution in [1.82, 2.24) is 9.88 Å². The highest BCUT2D eigenvalue weighted by Gasteiger charge is 2.17. The van der Waals surface area contributed by atoms with E-state index >= 15 is 0 Å². The molecule has 1 aliphatic rings. The van der Waals surface area contributed by atoms with E-state index in [4.69, 9.17) is 0 Å². The summed E-state index contributed by atoms with van der Waals surface area (Å²) in [6.45, 7) is 3.27. The van der Waals surface area contributed by atoms with Crippen molar-refractivity contribution in [2.75, 3.05) is 18.8 Å². The standard InChI is InChI=1S/C13H16N2O2S/c1-10(16)12-5-4-11(8-14-12)18-9-13(17)15-6-2-3-7-15/h4-5,8H,2-3,6-7,9H2,1H3. The SMILES string of the molecule is CC(=O)c1ccc(SCC(=O)N2CCCC2)cn1. The molecule has 2 heterocycles. The number of thioether (sulfide) groups is 1. The van der Waals surface area contributed by atoms with E-state index in [1.54, 1.807) is 12.3 Å². The zero-order valence-electron chi connectivity index (χ0n) is 10.4. The van der Waals surface area contributed by atoms with Crippen LogP contribution in [-0.2, 0) is 4.79 Å². The molecule has 0 aliphatic carbocycles. The first-order valence-electron chi connectivity index (χ1n) is 6.04. The van der Waals surface area contributed by atoms with Crippen molar-refractivity contribution in [3.63, 3.8) is 0 Å². The number of Topliss-reactive ketones (excluding diaryl/α,β-unsaturated/α-hetero) is 1. The molecule has 0 bridgehead atoms. The number of aromatic nitrogens is 1. The van der Waals surface area contributed by atoms with Gasteiger partial charge in [-0.15, -0.1) is 11.8 Å². The molecular formula is C13H16N2O2S. The Hall–Kier alpha value is -1.36. The molecule has 0 radical (unpaired) electrons. The van der Waals surface area contributed by atoms with Crippen LogP contribution >= 0.6 is 11.8 Å². The first kappa shape index (κ1) is 13.1. The third kappa shape index (κ3) is 3.32. The molecule has 0 N–H and O–H groups in total. The van der Waals surface area contributed by atoms with Gasteiger partial charge >= 0.3 is 0 Å². The molecule has 1 fully saturated rings. The minimum atomic E-state index is -0.0420. The van der Waals surface area contributed by atoms with E-state index in [9.17, 15) is 9.59 Å². The average Bonchev–Trinajstić information content (AvgIpc) is 2.90. The Morgan fingerprint density at radius 2 is 2.06 bits per heavy atom. The van der Waals surface area contributed by atoms with Gasteiger partial charge in [0.1, 0.15) is 5.69 Å². The molecule has 0 atom stereocenters. The van der Waals surface area contributed by atoms with Crippen molar-refractivity contribution in [2.45, 2.75) is 24.7 Å². The fourth-order valence-corrected chi connectivity index (χ4v) is 2.64. The maximum atomic E-state index is 11.8. The van der Waals surface area contributed by atoms with Crippen molar-refractivity contribution in [3.05, 3.63) is 24.0 Å². The van der Waals surface area contributed by atoms with Gasteiger partial charge in [0.05, 0.1) is 5.75 Å². The van der Waals surface area contributed by atoms with Gasteiger partial charge in [0.2, 0.25) is 5.91 Å². The fourth-order valence-electron chi connectivity index (χ4n) is 1.88. The van der Waals surface area contributed by atoms with Gasteiger partial charge in [0, 0.05) is 31.1 Å². The lowest BCUT2D eigenvalue weighted by atomic mass is 10.3. The molecule has 5 heteroatoms. The number of hydrogen-bond acceptors (Lipinski definition) is 4. The van der Waals surface area contributed by atoms with E-state index in [2.05, 4.69) is 4.98 Å². The first-order chi connectivity index (χ1) is 8.66. The molecule has 0 saturated carbocycles. The third-order valence-corrected chi connectivity index (χ3v) is 3.88. The number of rotatable bonds is 4. The van der Waals surface area contributed by atoms with Crippen LogP contribution in [0.1, 0.15) is 30.3 Å². The molecule has 2 rings (SSSR count). The summed E-state index contributed by atoms with van der Waals surface area (Å²) < 4.78 is 0. The second kappa shape index (κ2) is 6.00. The number of hydrogen-bond donors (Lipinski definition) is 0. The van der Waals surface area contributed by atoms with E-state index < -0.39 is 0 Å². The van der Waals surface area contributed by atoms with Crippen LogP contribution in [0.25, 0.3) is 0 Å². The summed E-state index contributed by atoms with van der Waals surface area (Å²) in [5.41, 5.74) is 0.463. The Bertz CT molecular complexity index is 439. The summed E-state index contributed by atoms with van der Waals surface area (Å²) in [6.07, 6.45) is 3.88. The minimum Gasteiger partial charge on any atom is -0.342 e. The molecular weight excluding hydrogens is 248 g/mol. The lowest BCUT2D eigenvalue weighted by Gasteiger charge is -2.14. The Labute approximate surface area is 111 Å².